The average Bonchev–Trinajstić information content (AvgIpc) is 3.20. The van der Waals surface area contributed by atoms with Crippen molar-refractivity contribution in [1.29, 1.82) is 0 Å². The monoisotopic (exact) mass is 376 g/mol. The second kappa shape index (κ2) is 9.35. The molecular weight excluding hydrogens is 344 g/mol. The molecule has 150 valence electrons. The number of nitrogens with zero attached hydrogens (tertiary/aromatic N) is 3. The van der Waals surface area contributed by atoms with E-state index in [9.17, 15) is 9.59 Å². The number of carbonyl (C=O) groups is 2. The van der Waals surface area contributed by atoms with E-state index >= 15 is 0 Å². The summed E-state index contributed by atoms with van der Waals surface area (Å²) in [6.45, 7) is 5.95. The maximum Gasteiger partial charge on any atom is 0.248 e. The van der Waals surface area contributed by atoms with Crippen molar-refractivity contribution in [3.8, 4) is 0 Å². The molecule has 3 rings (SSSR count). The minimum absolute atomic E-state index is 0.0409. The van der Waals surface area contributed by atoms with E-state index in [1.165, 1.54) is 0 Å². The highest BCUT2D eigenvalue weighted by Gasteiger charge is 2.42. The number of carbonyl (C=O) groups excluding carboxylic acids is 2. The van der Waals surface area contributed by atoms with Gasteiger partial charge in [-0.2, -0.15) is 0 Å². The minimum atomic E-state index is 0.0409. The van der Waals surface area contributed by atoms with Crippen LogP contribution in [-0.2, 0) is 20.7 Å². The molecule has 3 heterocycles. The predicted molar refractivity (Wildman–Crippen MR) is 102 cm³/mol. The molecule has 27 heavy (non-hydrogen) atoms. The Morgan fingerprint density at radius 1 is 1.37 bits per heavy atom. The number of ether oxygens (including phenoxy) is 1. The lowest BCUT2D eigenvalue weighted by atomic mass is 9.73. The van der Waals surface area contributed by atoms with Crippen LogP contribution < -0.4 is 0 Å². The molecule has 1 unspecified atom stereocenters. The van der Waals surface area contributed by atoms with Crippen LogP contribution in [0.2, 0.25) is 0 Å². The van der Waals surface area contributed by atoms with Crippen LogP contribution >= 0.6 is 0 Å². The average molecular weight is 377 g/mol. The topological polar surface area (TPSA) is 78.5 Å². The Morgan fingerprint density at radius 2 is 2.26 bits per heavy atom. The van der Waals surface area contributed by atoms with Gasteiger partial charge in [-0.25, -0.2) is 4.98 Å². The van der Waals surface area contributed by atoms with Gasteiger partial charge in [-0.05, 0) is 25.7 Å². The molecule has 1 aromatic rings. The van der Waals surface area contributed by atoms with Gasteiger partial charge >= 0.3 is 0 Å². The van der Waals surface area contributed by atoms with E-state index in [-0.39, 0.29) is 23.8 Å². The molecule has 0 aromatic carbocycles. The summed E-state index contributed by atoms with van der Waals surface area (Å²) in [5, 5.41) is 0. The van der Waals surface area contributed by atoms with Gasteiger partial charge in [-0.15, -0.1) is 0 Å². The predicted octanol–water partition coefficient (Wildman–Crippen LogP) is 2.00. The van der Waals surface area contributed by atoms with Crippen LogP contribution in [-0.4, -0.2) is 71.0 Å². The van der Waals surface area contributed by atoms with Gasteiger partial charge in [0.15, 0.2) is 0 Å². The molecule has 1 atom stereocenters. The van der Waals surface area contributed by atoms with Crippen molar-refractivity contribution in [2.75, 3.05) is 39.4 Å². The van der Waals surface area contributed by atoms with Crippen molar-refractivity contribution in [3.63, 3.8) is 0 Å². The summed E-state index contributed by atoms with van der Waals surface area (Å²) in [6, 6.07) is 0. The zero-order valence-electron chi connectivity index (χ0n) is 16.4. The smallest absolute Gasteiger partial charge is 0.248 e. The third kappa shape index (κ3) is 5.31. The van der Waals surface area contributed by atoms with Gasteiger partial charge in [0.2, 0.25) is 11.8 Å². The Labute approximate surface area is 161 Å². The standard InChI is InChI=1S/C20H32N4O3/c1-2-3-11-27-13-19(26)23-9-4-7-20(14-23)8-5-18(25)24(15-20)10-6-17-12-21-16-22-17/h12,16H,2-11,13-15H2,1H3,(H,21,22). The largest absolute Gasteiger partial charge is 0.372 e. The first kappa shape index (κ1) is 19.9. The van der Waals surface area contributed by atoms with Crippen LogP contribution in [0.4, 0.5) is 0 Å². The maximum atomic E-state index is 12.5. The first-order chi connectivity index (χ1) is 13.1. The lowest BCUT2D eigenvalue weighted by Crippen LogP contribution is -2.55. The molecule has 2 saturated heterocycles. The van der Waals surface area contributed by atoms with Gasteiger partial charge in [0.05, 0.1) is 6.33 Å². The molecule has 7 heteroatoms. The molecule has 0 aliphatic carbocycles. The number of imidazole rings is 1. The quantitative estimate of drug-likeness (QED) is 0.704. The van der Waals surface area contributed by atoms with Crippen LogP contribution in [0.15, 0.2) is 12.5 Å². The zero-order valence-corrected chi connectivity index (χ0v) is 16.4. The Morgan fingerprint density at radius 3 is 3.04 bits per heavy atom. The van der Waals surface area contributed by atoms with Crippen molar-refractivity contribution in [2.24, 2.45) is 5.41 Å². The fourth-order valence-electron chi connectivity index (χ4n) is 4.23. The van der Waals surface area contributed by atoms with Gasteiger partial charge < -0.3 is 19.5 Å². The van der Waals surface area contributed by atoms with Gasteiger partial charge in [0.25, 0.3) is 0 Å². The molecule has 2 amide bonds. The minimum Gasteiger partial charge on any atom is -0.372 e. The SMILES string of the molecule is CCCCOCC(=O)N1CCCC2(CCC(=O)N(CCc3cnc[nH]3)C2)C1. The van der Waals surface area contributed by atoms with Gasteiger partial charge in [-0.3, -0.25) is 9.59 Å². The number of aromatic amines is 1. The number of amides is 2. The molecule has 1 N–H and O–H groups in total. The highest BCUT2D eigenvalue weighted by atomic mass is 16.5. The third-order valence-electron chi connectivity index (χ3n) is 5.84. The van der Waals surface area contributed by atoms with Crippen LogP contribution in [0.5, 0.6) is 0 Å². The van der Waals surface area contributed by atoms with Crippen LogP contribution in [0.25, 0.3) is 0 Å². The number of unbranched alkanes of at least 4 members (excludes halogenated alkanes) is 1. The summed E-state index contributed by atoms with van der Waals surface area (Å²) in [5.41, 5.74) is 1.09. The summed E-state index contributed by atoms with van der Waals surface area (Å²) in [5.74, 6) is 0.317. The van der Waals surface area contributed by atoms with E-state index < -0.39 is 0 Å². The second-order valence-corrected chi connectivity index (χ2v) is 7.97. The van der Waals surface area contributed by atoms with Crippen LogP contribution in [0.3, 0.4) is 0 Å². The van der Waals surface area contributed by atoms with E-state index in [1.54, 1.807) is 6.33 Å². The number of rotatable bonds is 8. The van der Waals surface area contributed by atoms with E-state index in [0.717, 1.165) is 63.9 Å². The zero-order chi connectivity index (χ0) is 19.1. The summed E-state index contributed by atoms with van der Waals surface area (Å²) in [4.78, 5) is 36.0. The van der Waals surface area contributed by atoms with E-state index in [4.69, 9.17) is 4.74 Å². The van der Waals surface area contributed by atoms with Crippen molar-refractivity contribution in [2.45, 2.75) is 51.9 Å². The molecule has 0 saturated carbocycles. The van der Waals surface area contributed by atoms with E-state index in [2.05, 4.69) is 16.9 Å². The normalized spacial score (nSPS) is 23.2. The number of hydrogen-bond donors (Lipinski definition) is 1. The molecule has 0 bridgehead atoms. The first-order valence-electron chi connectivity index (χ1n) is 10.2. The summed E-state index contributed by atoms with van der Waals surface area (Å²) in [6.07, 6.45) is 9.88. The Balaban J connectivity index is 1.54. The number of likely N-dealkylation sites (tertiary alicyclic amines) is 2. The Bertz CT molecular complexity index is 619. The summed E-state index contributed by atoms with van der Waals surface area (Å²) >= 11 is 0. The molecule has 1 aromatic heterocycles. The molecule has 0 radical (unpaired) electrons. The van der Waals surface area contributed by atoms with E-state index in [0.29, 0.717) is 19.6 Å². The van der Waals surface area contributed by atoms with Crippen molar-refractivity contribution in [3.05, 3.63) is 18.2 Å². The number of H-pyrrole nitrogens is 1. The lowest BCUT2D eigenvalue weighted by molar-refractivity contribution is -0.145. The van der Waals surface area contributed by atoms with Crippen LogP contribution in [0, 0.1) is 5.41 Å². The molecule has 1 spiro atoms. The Kier molecular flexibility index (Phi) is 6.88. The number of piperidine rings is 2. The highest BCUT2D eigenvalue weighted by molar-refractivity contribution is 5.78. The highest BCUT2D eigenvalue weighted by Crippen LogP contribution is 2.38. The number of hydrogen-bond acceptors (Lipinski definition) is 4. The number of aromatic nitrogens is 2. The van der Waals surface area contributed by atoms with Gasteiger partial charge in [-0.1, -0.05) is 13.3 Å². The van der Waals surface area contributed by atoms with Crippen molar-refractivity contribution < 1.29 is 14.3 Å². The summed E-state index contributed by atoms with van der Waals surface area (Å²) in [7, 11) is 0. The van der Waals surface area contributed by atoms with Crippen LogP contribution in [0.1, 0.15) is 51.1 Å². The van der Waals surface area contributed by atoms with Gasteiger partial charge in [0.1, 0.15) is 6.61 Å². The first-order valence-corrected chi connectivity index (χ1v) is 10.2. The van der Waals surface area contributed by atoms with Gasteiger partial charge in [0, 0.05) is 62.9 Å². The third-order valence-corrected chi connectivity index (χ3v) is 5.84. The van der Waals surface area contributed by atoms with E-state index in [1.807, 2.05) is 16.0 Å². The molecule has 2 fully saturated rings. The number of nitrogens with one attached hydrogen (secondary N) is 1. The molecule has 7 nitrogen and oxygen atoms in total. The maximum absolute atomic E-state index is 12.5. The second-order valence-electron chi connectivity index (χ2n) is 7.97. The molecular formula is C20H32N4O3. The van der Waals surface area contributed by atoms with Crippen molar-refractivity contribution >= 4 is 11.8 Å². The molecule has 2 aliphatic heterocycles. The fourth-order valence-corrected chi connectivity index (χ4v) is 4.23. The Hall–Kier alpha value is -1.89. The lowest BCUT2D eigenvalue weighted by Gasteiger charge is -2.48. The van der Waals surface area contributed by atoms with Crippen molar-refractivity contribution in [1.82, 2.24) is 19.8 Å². The summed E-state index contributed by atoms with van der Waals surface area (Å²) < 4.78 is 5.52. The molecule has 2 aliphatic rings. The fraction of sp³-hybridized carbons (Fsp3) is 0.750.